The van der Waals surface area contributed by atoms with E-state index in [1.165, 1.54) is 7.11 Å². The third-order valence-electron chi connectivity index (χ3n) is 4.20. The minimum atomic E-state index is -0.432. The predicted molar refractivity (Wildman–Crippen MR) is 98.2 cm³/mol. The first-order valence-electron chi connectivity index (χ1n) is 8.13. The molecule has 3 aromatic rings. The fourth-order valence-electron chi connectivity index (χ4n) is 2.82. The Balaban J connectivity index is 1.67. The van der Waals surface area contributed by atoms with E-state index < -0.39 is 5.97 Å². The number of amides is 1. The lowest BCUT2D eigenvalue weighted by atomic mass is 10.2. The van der Waals surface area contributed by atoms with Crippen LogP contribution in [0.1, 0.15) is 16.8 Å². The van der Waals surface area contributed by atoms with Crippen molar-refractivity contribution in [3.05, 3.63) is 64.6 Å². The first-order chi connectivity index (χ1) is 12.5. The van der Waals surface area contributed by atoms with Crippen LogP contribution in [0.2, 0.25) is 0 Å². The van der Waals surface area contributed by atoms with Crippen molar-refractivity contribution in [3.63, 3.8) is 0 Å². The molecule has 134 valence electrons. The molecular formula is C19H19N3O4. The molecule has 7 nitrogen and oxygen atoms in total. The van der Waals surface area contributed by atoms with Crippen LogP contribution < -0.4 is 11.0 Å². The van der Waals surface area contributed by atoms with Gasteiger partial charge >= 0.3 is 11.7 Å². The van der Waals surface area contributed by atoms with Crippen molar-refractivity contribution in [2.45, 2.75) is 13.0 Å². The normalized spacial score (nSPS) is 10.7. The smallest absolute Gasteiger partial charge is 0.337 e. The van der Waals surface area contributed by atoms with E-state index in [1.807, 2.05) is 24.3 Å². The first-order valence-corrected chi connectivity index (χ1v) is 8.13. The summed E-state index contributed by atoms with van der Waals surface area (Å²) in [6.07, 6.45) is 0.159. The molecule has 7 heteroatoms. The number of hydrogen-bond acceptors (Lipinski definition) is 4. The summed E-state index contributed by atoms with van der Waals surface area (Å²) in [4.78, 5) is 35.9. The number of hydrogen-bond donors (Lipinski definition) is 1. The lowest BCUT2D eigenvalue weighted by Crippen LogP contribution is -2.24. The first kappa shape index (κ1) is 17.5. The highest BCUT2D eigenvalue weighted by molar-refractivity contribution is 5.93. The van der Waals surface area contributed by atoms with Gasteiger partial charge in [0, 0.05) is 25.7 Å². The summed E-state index contributed by atoms with van der Waals surface area (Å²) in [6.45, 7) is 0.284. The van der Waals surface area contributed by atoms with E-state index in [9.17, 15) is 14.4 Å². The SMILES string of the molecule is COC(=O)c1ccc(NC(=O)CCn2c(=O)n(C)c3ccccc32)cc1. The second kappa shape index (κ2) is 7.26. The molecule has 0 aliphatic heterocycles. The van der Waals surface area contributed by atoms with Gasteiger partial charge in [0.05, 0.1) is 23.7 Å². The number of nitrogens with zero attached hydrogens (tertiary/aromatic N) is 2. The van der Waals surface area contributed by atoms with E-state index in [1.54, 1.807) is 40.4 Å². The Hall–Kier alpha value is -3.35. The molecule has 26 heavy (non-hydrogen) atoms. The summed E-state index contributed by atoms with van der Waals surface area (Å²) < 4.78 is 7.79. The van der Waals surface area contributed by atoms with Crippen molar-refractivity contribution in [2.75, 3.05) is 12.4 Å². The molecule has 3 rings (SSSR count). The number of fused-ring (bicyclic) bond motifs is 1. The van der Waals surface area contributed by atoms with Crippen LogP contribution in [-0.2, 0) is 23.1 Å². The van der Waals surface area contributed by atoms with Gasteiger partial charge in [-0.2, -0.15) is 0 Å². The molecule has 0 saturated heterocycles. The zero-order chi connectivity index (χ0) is 18.7. The Morgan fingerprint density at radius 1 is 1.04 bits per heavy atom. The van der Waals surface area contributed by atoms with Crippen molar-refractivity contribution in [1.82, 2.24) is 9.13 Å². The highest BCUT2D eigenvalue weighted by Gasteiger charge is 2.12. The van der Waals surface area contributed by atoms with E-state index in [4.69, 9.17) is 0 Å². The fraction of sp³-hybridized carbons (Fsp3) is 0.211. The summed E-state index contributed by atoms with van der Waals surface area (Å²) in [6, 6.07) is 13.9. The third kappa shape index (κ3) is 3.37. The number of nitrogens with one attached hydrogen (secondary N) is 1. The summed E-state index contributed by atoms with van der Waals surface area (Å²) >= 11 is 0. The molecule has 0 saturated carbocycles. The number of aryl methyl sites for hydroxylation is 2. The minimum absolute atomic E-state index is 0.151. The second-order valence-electron chi connectivity index (χ2n) is 5.85. The number of benzene rings is 2. The van der Waals surface area contributed by atoms with Crippen molar-refractivity contribution in [3.8, 4) is 0 Å². The summed E-state index contributed by atoms with van der Waals surface area (Å²) in [5.41, 5.74) is 2.47. The Morgan fingerprint density at radius 3 is 2.35 bits per heavy atom. The lowest BCUT2D eigenvalue weighted by Gasteiger charge is -2.07. The number of aromatic nitrogens is 2. The van der Waals surface area contributed by atoms with Gasteiger partial charge in [0.2, 0.25) is 5.91 Å². The molecule has 1 amide bonds. The van der Waals surface area contributed by atoms with Gasteiger partial charge in [0.25, 0.3) is 0 Å². The van der Waals surface area contributed by atoms with Crippen LogP contribution in [0.25, 0.3) is 11.0 Å². The Labute approximate surface area is 149 Å². The number of ether oxygens (including phenoxy) is 1. The maximum atomic E-state index is 12.3. The molecule has 0 aliphatic carbocycles. The summed E-state index contributed by atoms with van der Waals surface area (Å²) in [5, 5.41) is 2.76. The third-order valence-corrected chi connectivity index (χ3v) is 4.20. The number of anilines is 1. The molecule has 0 bridgehead atoms. The van der Waals surface area contributed by atoms with Crippen LogP contribution in [0.4, 0.5) is 5.69 Å². The molecule has 0 radical (unpaired) electrons. The molecule has 0 spiro atoms. The lowest BCUT2D eigenvalue weighted by molar-refractivity contribution is -0.116. The molecule has 0 unspecified atom stereocenters. The zero-order valence-corrected chi connectivity index (χ0v) is 14.6. The van der Waals surface area contributed by atoms with Crippen LogP contribution in [-0.4, -0.2) is 28.1 Å². The van der Waals surface area contributed by atoms with Crippen molar-refractivity contribution in [2.24, 2.45) is 7.05 Å². The topological polar surface area (TPSA) is 82.3 Å². The van der Waals surface area contributed by atoms with Crippen LogP contribution >= 0.6 is 0 Å². The van der Waals surface area contributed by atoms with Gasteiger partial charge in [-0.3, -0.25) is 13.9 Å². The maximum absolute atomic E-state index is 12.3. The van der Waals surface area contributed by atoms with Gasteiger partial charge in [-0.1, -0.05) is 12.1 Å². The molecule has 1 aromatic heterocycles. The highest BCUT2D eigenvalue weighted by atomic mass is 16.5. The maximum Gasteiger partial charge on any atom is 0.337 e. The van der Waals surface area contributed by atoms with E-state index in [-0.39, 0.29) is 24.6 Å². The Kier molecular flexibility index (Phi) is 4.88. The van der Waals surface area contributed by atoms with Gasteiger partial charge in [0.1, 0.15) is 0 Å². The molecule has 0 aliphatic rings. The standard InChI is InChI=1S/C19H19N3O4/c1-21-15-5-3-4-6-16(15)22(19(21)25)12-11-17(23)20-14-9-7-13(8-10-14)18(24)26-2/h3-10H,11-12H2,1-2H3,(H,20,23). The minimum Gasteiger partial charge on any atom is -0.465 e. The Bertz CT molecular complexity index is 1020. The zero-order valence-electron chi connectivity index (χ0n) is 14.6. The van der Waals surface area contributed by atoms with E-state index in [0.29, 0.717) is 11.3 Å². The number of carbonyl (C=O) groups excluding carboxylic acids is 2. The monoisotopic (exact) mass is 353 g/mol. The summed E-state index contributed by atoms with van der Waals surface area (Å²) in [5.74, 6) is -0.645. The molecule has 2 aromatic carbocycles. The van der Waals surface area contributed by atoms with Crippen molar-refractivity contribution < 1.29 is 14.3 Å². The van der Waals surface area contributed by atoms with Gasteiger partial charge in [-0.05, 0) is 36.4 Å². The predicted octanol–water partition coefficient (Wildman–Crippen LogP) is 2.16. The molecule has 1 N–H and O–H groups in total. The van der Waals surface area contributed by atoms with Gasteiger partial charge in [-0.15, -0.1) is 0 Å². The van der Waals surface area contributed by atoms with E-state index in [0.717, 1.165) is 11.0 Å². The largest absolute Gasteiger partial charge is 0.465 e. The number of imidazole rings is 1. The van der Waals surface area contributed by atoms with E-state index >= 15 is 0 Å². The van der Waals surface area contributed by atoms with Crippen LogP contribution in [0.15, 0.2) is 53.3 Å². The number of esters is 1. The molecular weight excluding hydrogens is 334 g/mol. The van der Waals surface area contributed by atoms with Gasteiger partial charge in [0.15, 0.2) is 0 Å². The van der Waals surface area contributed by atoms with Crippen molar-refractivity contribution >= 4 is 28.6 Å². The second-order valence-corrected chi connectivity index (χ2v) is 5.85. The van der Waals surface area contributed by atoms with Crippen molar-refractivity contribution in [1.29, 1.82) is 0 Å². The van der Waals surface area contributed by atoms with Crippen LogP contribution in [0.5, 0.6) is 0 Å². The molecule has 0 fully saturated rings. The number of carbonyl (C=O) groups is 2. The van der Waals surface area contributed by atoms with Gasteiger partial charge < -0.3 is 10.1 Å². The van der Waals surface area contributed by atoms with Gasteiger partial charge in [-0.25, -0.2) is 9.59 Å². The highest BCUT2D eigenvalue weighted by Crippen LogP contribution is 2.13. The quantitative estimate of drug-likeness (QED) is 0.713. The molecule has 0 atom stereocenters. The molecule has 1 heterocycles. The van der Waals surface area contributed by atoms with E-state index in [2.05, 4.69) is 10.1 Å². The van der Waals surface area contributed by atoms with Crippen LogP contribution in [0, 0.1) is 0 Å². The number of rotatable bonds is 5. The average molecular weight is 353 g/mol. The summed E-state index contributed by atoms with van der Waals surface area (Å²) in [7, 11) is 3.03. The number of para-hydroxylation sites is 2. The number of methoxy groups -OCH3 is 1. The van der Waals surface area contributed by atoms with Crippen LogP contribution in [0.3, 0.4) is 0 Å². The fourth-order valence-corrected chi connectivity index (χ4v) is 2.82. The Morgan fingerprint density at radius 2 is 1.69 bits per heavy atom. The average Bonchev–Trinajstić information content (AvgIpc) is 2.91.